The molecule has 0 fully saturated rings. The van der Waals surface area contributed by atoms with Crippen LogP contribution in [0.25, 0.3) is 0 Å². The smallest absolute Gasteiger partial charge is 0.337 e. The molecule has 0 aromatic rings. The van der Waals surface area contributed by atoms with Crippen molar-refractivity contribution in [1.82, 2.24) is 0 Å². The number of carbonyl (C=O) groups is 1. The first-order valence-electron chi connectivity index (χ1n) is 3.36. The summed E-state index contributed by atoms with van der Waals surface area (Å²) in [5.74, 6) is -1.07. The number of hydrogen-bond donors (Lipinski definition) is 1. The van der Waals surface area contributed by atoms with Crippen molar-refractivity contribution in [2.75, 3.05) is 0 Å². The van der Waals surface area contributed by atoms with Crippen LogP contribution in [0.1, 0.15) is 0 Å². The number of allylic oxidation sites excluding steroid dienone is 5. The fourth-order valence-corrected chi connectivity index (χ4v) is 0.712. The van der Waals surface area contributed by atoms with Crippen molar-refractivity contribution in [3.63, 3.8) is 0 Å². The summed E-state index contributed by atoms with van der Waals surface area (Å²) in [7, 11) is 0. The van der Waals surface area contributed by atoms with Gasteiger partial charge in [0.05, 0.1) is 5.57 Å². The summed E-state index contributed by atoms with van der Waals surface area (Å²) in [6.07, 6.45) is 7.71. The maximum atomic E-state index is 10.6. The Morgan fingerprint density at radius 2 is 2.08 bits per heavy atom. The largest absolute Gasteiger partial charge is 0.480 e. The van der Waals surface area contributed by atoms with Crippen molar-refractivity contribution < 1.29 is 14.6 Å². The fourth-order valence-electron chi connectivity index (χ4n) is 0.712. The number of rotatable bonds is 2. The normalized spacial score (nSPS) is 13.2. The van der Waals surface area contributed by atoms with Gasteiger partial charge in [-0.2, -0.15) is 0 Å². The highest BCUT2D eigenvalue weighted by molar-refractivity contribution is 5.82. The molecule has 0 heterocycles. The molecule has 0 aromatic carbocycles. The molecule has 0 atom stereocenters. The van der Waals surface area contributed by atoms with E-state index in [1.54, 1.807) is 24.3 Å². The van der Waals surface area contributed by atoms with Crippen molar-refractivity contribution in [3.05, 3.63) is 48.5 Å². The van der Waals surface area contributed by atoms with Gasteiger partial charge in [-0.25, -0.2) is 4.79 Å². The third-order valence-corrected chi connectivity index (χ3v) is 1.27. The highest BCUT2D eigenvalue weighted by atomic mass is 16.6. The Bertz CT molecular complexity index is 281. The van der Waals surface area contributed by atoms with Crippen molar-refractivity contribution in [2.24, 2.45) is 0 Å². The first-order valence-corrected chi connectivity index (χ1v) is 3.36. The van der Waals surface area contributed by atoms with Gasteiger partial charge in [0, 0.05) is 6.08 Å². The minimum atomic E-state index is -0.672. The molecular formula is C9H8O3. The van der Waals surface area contributed by atoms with E-state index < -0.39 is 11.9 Å². The van der Waals surface area contributed by atoms with E-state index in [-0.39, 0.29) is 0 Å². The molecule has 12 heavy (non-hydrogen) atoms. The summed E-state index contributed by atoms with van der Waals surface area (Å²) in [6, 6.07) is 0. The number of carbonyl (C=O) groups excluding carboxylic acids is 1. The summed E-state index contributed by atoms with van der Waals surface area (Å²) in [5, 5.41) is 9.14. The molecule has 0 radical (unpaired) electrons. The number of hydrogen-bond acceptors (Lipinski definition) is 3. The van der Waals surface area contributed by atoms with E-state index in [9.17, 15) is 4.79 Å². The lowest BCUT2D eigenvalue weighted by Gasteiger charge is -1.99. The molecule has 3 heteroatoms. The predicted molar refractivity (Wildman–Crippen MR) is 44.2 cm³/mol. The molecule has 0 spiro atoms. The van der Waals surface area contributed by atoms with Gasteiger partial charge in [0.1, 0.15) is 0 Å². The molecule has 0 aromatic heterocycles. The predicted octanol–water partition coefficient (Wildman–Crippen LogP) is 1.61. The molecule has 1 aliphatic rings. The number of ether oxygens (including phenoxy) is 1. The Hall–Kier alpha value is -1.77. The molecule has 0 amide bonds. The Labute approximate surface area is 70.0 Å². The van der Waals surface area contributed by atoms with E-state index in [1.165, 1.54) is 0 Å². The monoisotopic (exact) mass is 164 g/mol. The topological polar surface area (TPSA) is 46.5 Å². The maximum Gasteiger partial charge on any atom is 0.337 e. The number of esters is 1. The van der Waals surface area contributed by atoms with Crippen LogP contribution in [0, 0.1) is 0 Å². The summed E-state index contributed by atoms with van der Waals surface area (Å²) >= 11 is 0. The molecular weight excluding hydrogens is 156 g/mol. The van der Waals surface area contributed by atoms with E-state index >= 15 is 0 Å². The van der Waals surface area contributed by atoms with Crippen molar-refractivity contribution in [1.29, 1.82) is 0 Å². The van der Waals surface area contributed by atoms with E-state index in [4.69, 9.17) is 5.11 Å². The van der Waals surface area contributed by atoms with Crippen LogP contribution in [0.2, 0.25) is 0 Å². The second-order valence-corrected chi connectivity index (χ2v) is 2.10. The van der Waals surface area contributed by atoms with E-state index in [0.29, 0.717) is 5.57 Å². The first kappa shape index (κ1) is 8.33. The Morgan fingerprint density at radius 3 is 2.58 bits per heavy atom. The molecule has 1 aliphatic carbocycles. The van der Waals surface area contributed by atoms with E-state index in [2.05, 4.69) is 11.3 Å². The number of aliphatic hydroxyl groups excluding tert-OH is 1. The second-order valence-electron chi connectivity index (χ2n) is 2.10. The molecule has 62 valence electrons. The molecule has 0 aliphatic heterocycles. The second kappa shape index (κ2) is 3.57. The van der Waals surface area contributed by atoms with Crippen molar-refractivity contribution >= 4 is 5.97 Å². The average Bonchev–Trinajstić information content (AvgIpc) is 2.56. The molecule has 0 saturated heterocycles. The molecule has 1 rings (SSSR count). The van der Waals surface area contributed by atoms with Crippen LogP contribution in [-0.2, 0) is 9.53 Å². The van der Waals surface area contributed by atoms with E-state index in [1.807, 2.05) is 0 Å². The number of aliphatic hydroxyl groups is 1. The van der Waals surface area contributed by atoms with Crippen LogP contribution in [0.3, 0.4) is 0 Å². The standard InChI is InChI=1S/C9H8O3/c1-2-8(10)12-9(11)7-5-3-4-6-7/h2-6,11H,1H2. The van der Waals surface area contributed by atoms with Gasteiger partial charge in [0.2, 0.25) is 0 Å². The van der Waals surface area contributed by atoms with Gasteiger partial charge < -0.3 is 9.84 Å². The minimum absolute atomic E-state index is 0.398. The first-order chi connectivity index (χ1) is 5.74. The molecule has 0 saturated carbocycles. The molecule has 1 N–H and O–H groups in total. The minimum Gasteiger partial charge on any atom is -0.480 e. The van der Waals surface area contributed by atoms with Crippen LogP contribution >= 0.6 is 0 Å². The Balaban J connectivity index is 2.70. The highest BCUT2D eigenvalue weighted by Crippen LogP contribution is 2.12. The van der Waals surface area contributed by atoms with Crippen LogP contribution in [0.5, 0.6) is 0 Å². The lowest BCUT2D eigenvalue weighted by molar-refractivity contribution is -0.137. The zero-order valence-electron chi connectivity index (χ0n) is 6.36. The van der Waals surface area contributed by atoms with Gasteiger partial charge in [-0.05, 0) is 12.2 Å². The summed E-state index contributed by atoms with van der Waals surface area (Å²) in [5.41, 5.74) is 0.477. The van der Waals surface area contributed by atoms with Gasteiger partial charge in [-0.3, -0.25) is 0 Å². The van der Waals surface area contributed by atoms with Gasteiger partial charge in [-0.1, -0.05) is 18.7 Å². The molecule has 0 unspecified atom stereocenters. The van der Waals surface area contributed by atoms with Gasteiger partial charge in [0.25, 0.3) is 5.95 Å². The average molecular weight is 164 g/mol. The maximum absolute atomic E-state index is 10.6. The Kier molecular flexibility index (Phi) is 2.48. The lowest BCUT2D eigenvalue weighted by Crippen LogP contribution is -2.00. The fraction of sp³-hybridized carbons (Fsp3) is 0. The van der Waals surface area contributed by atoms with Gasteiger partial charge in [0.15, 0.2) is 0 Å². The lowest BCUT2D eigenvalue weighted by atomic mass is 10.3. The summed E-state index contributed by atoms with van der Waals surface area (Å²) in [4.78, 5) is 10.6. The third kappa shape index (κ3) is 1.85. The van der Waals surface area contributed by atoms with Crippen LogP contribution in [0.4, 0.5) is 0 Å². The van der Waals surface area contributed by atoms with Crippen molar-refractivity contribution in [3.8, 4) is 0 Å². The van der Waals surface area contributed by atoms with Crippen LogP contribution < -0.4 is 0 Å². The SMILES string of the molecule is C=CC(=O)OC(O)=C1C=CC=C1. The summed E-state index contributed by atoms with van der Waals surface area (Å²) < 4.78 is 4.46. The quantitative estimate of drug-likeness (QED) is 0.383. The zero-order chi connectivity index (χ0) is 8.97. The Morgan fingerprint density at radius 1 is 1.50 bits per heavy atom. The van der Waals surface area contributed by atoms with Crippen LogP contribution in [0.15, 0.2) is 48.5 Å². The van der Waals surface area contributed by atoms with Gasteiger partial charge in [-0.15, -0.1) is 0 Å². The molecule has 0 bridgehead atoms. The molecule has 3 nitrogen and oxygen atoms in total. The van der Waals surface area contributed by atoms with Crippen LogP contribution in [-0.4, -0.2) is 11.1 Å². The van der Waals surface area contributed by atoms with Gasteiger partial charge >= 0.3 is 5.97 Å². The zero-order valence-corrected chi connectivity index (χ0v) is 6.36. The summed E-state index contributed by atoms with van der Waals surface area (Å²) in [6.45, 7) is 3.20. The van der Waals surface area contributed by atoms with E-state index in [0.717, 1.165) is 6.08 Å². The van der Waals surface area contributed by atoms with Crippen molar-refractivity contribution in [2.45, 2.75) is 0 Å². The third-order valence-electron chi connectivity index (χ3n) is 1.27. The highest BCUT2D eigenvalue weighted by Gasteiger charge is 2.06.